The molecular weight excluding hydrogens is 479 g/mol. The number of benzene rings is 1. The summed E-state index contributed by atoms with van der Waals surface area (Å²) in [5.41, 5.74) is 1.86. The molecule has 0 aliphatic carbocycles. The van der Waals surface area contributed by atoms with E-state index in [9.17, 15) is 13.2 Å². The number of carbonyl (C=O) groups is 1. The van der Waals surface area contributed by atoms with E-state index < -0.39 is 15.8 Å². The number of aliphatic carboxylic acids is 1. The molecule has 1 aliphatic heterocycles. The number of rotatable bonds is 4. The zero-order chi connectivity index (χ0) is 22.8. The highest BCUT2D eigenvalue weighted by Crippen LogP contribution is 2.44. The SMILES string of the molecule is CCC(=O)O.CS(=O)(=O)c1ccnc2c1c(Sc1ccc(Cl)cc1Cl)c1n2CCCC1. The van der Waals surface area contributed by atoms with E-state index in [4.69, 9.17) is 28.3 Å². The zero-order valence-electron chi connectivity index (χ0n) is 17.1. The van der Waals surface area contributed by atoms with Crippen molar-refractivity contribution in [3.63, 3.8) is 0 Å². The molecule has 0 fully saturated rings. The van der Waals surface area contributed by atoms with Crippen LogP contribution in [0.1, 0.15) is 31.9 Å². The van der Waals surface area contributed by atoms with E-state index in [2.05, 4.69) is 9.55 Å². The minimum Gasteiger partial charge on any atom is -0.481 e. The van der Waals surface area contributed by atoms with Crippen molar-refractivity contribution in [2.75, 3.05) is 6.26 Å². The van der Waals surface area contributed by atoms with Crippen molar-refractivity contribution >= 4 is 61.8 Å². The average molecular weight is 501 g/mol. The molecule has 1 aliphatic rings. The Kier molecular flexibility index (Phi) is 7.57. The van der Waals surface area contributed by atoms with Crippen LogP contribution in [0.25, 0.3) is 11.0 Å². The van der Waals surface area contributed by atoms with E-state index in [-0.39, 0.29) is 6.42 Å². The number of pyridine rings is 1. The van der Waals surface area contributed by atoms with Gasteiger partial charge in [-0.05, 0) is 43.5 Å². The molecule has 1 N–H and O–H groups in total. The zero-order valence-corrected chi connectivity index (χ0v) is 20.2. The van der Waals surface area contributed by atoms with Gasteiger partial charge in [-0.3, -0.25) is 4.79 Å². The second-order valence-electron chi connectivity index (χ2n) is 7.09. The summed E-state index contributed by atoms with van der Waals surface area (Å²) in [6, 6.07) is 6.93. The van der Waals surface area contributed by atoms with Gasteiger partial charge in [0.15, 0.2) is 9.84 Å². The van der Waals surface area contributed by atoms with Crippen molar-refractivity contribution in [2.45, 2.75) is 53.8 Å². The molecular formula is C21H22Cl2N2O4S2. The molecule has 0 bridgehead atoms. The van der Waals surface area contributed by atoms with Crippen LogP contribution in [0.4, 0.5) is 0 Å². The van der Waals surface area contributed by atoms with Gasteiger partial charge < -0.3 is 9.67 Å². The lowest BCUT2D eigenvalue weighted by molar-refractivity contribution is -0.136. The molecule has 0 spiro atoms. The van der Waals surface area contributed by atoms with Crippen molar-refractivity contribution in [1.29, 1.82) is 0 Å². The highest BCUT2D eigenvalue weighted by Gasteiger charge is 2.26. The summed E-state index contributed by atoms with van der Waals surface area (Å²) < 4.78 is 26.9. The Bertz CT molecular complexity index is 1240. The van der Waals surface area contributed by atoms with E-state index in [0.29, 0.717) is 20.3 Å². The maximum atomic E-state index is 12.4. The van der Waals surface area contributed by atoms with Crippen LogP contribution < -0.4 is 0 Å². The Morgan fingerprint density at radius 3 is 2.58 bits per heavy atom. The van der Waals surface area contributed by atoms with Crippen LogP contribution in [-0.2, 0) is 27.6 Å². The minimum absolute atomic E-state index is 0.222. The van der Waals surface area contributed by atoms with E-state index in [1.54, 1.807) is 31.3 Å². The van der Waals surface area contributed by atoms with Crippen LogP contribution in [0.3, 0.4) is 0 Å². The molecule has 0 saturated heterocycles. The van der Waals surface area contributed by atoms with Crippen LogP contribution >= 0.6 is 35.0 Å². The number of sulfone groups is 1. The van der Waals surface area contributed by atoms with Crippen molar-refractivity contribution in [1.82, 2.24) is 9.55 Å². The maximum absolute atomic E-state index is 12.4. The van der Waals surface area contributed by atoms with Crippen LogP contribution in [0.2, 0.25) is 10.0 Å². The Labute approximate surface area is 195 Å². The molecule has 3 aromatic rings. The normalized spacial score (nSPS) is 13.4. The van der Waals surface area contributed by atoms with Gasteiger partial charge in [0.05, 0.1) is 15.3 Å². The fourth-order valence-electron chi connectivity index (χ4n) is 3.39. The lowest BCUT2D eigenvalue weighted by Gasteiger charge is -2.16. The second-order valence-corrected chi connectivity index (χ2v) is 11.0. The number of fused-ring (bicyclic) bond motifs is 3. The largest absolute Gasteiger partial charge is 0.481 e. The smallest absolute Gasteiger partial charge is 0.303 e. The van der Waals surface area contributed by atoms with Gasteiger partial charge in [-0.25, -0.2) is 13.4 Å². The number of carboxylic acid groups (broad SMARTS) is 1. The lowest BCUT2D eigenvalue weighted by Crippen LogP contribution is -2.10. The summed E-state index contributed by atoms with van der Waals surface area (Å²) in [7, 11) is -3.38. The predicted octanol–water partition coefficient (Wildman–Crippen LogP) is 5.72. The lowest BCUT2D eigenvalue weighted by atomic mass is 10.1. The fraction of sp³-hybridized carbons (Fsp3) is 0.333. The minimum atomic E-state index is -3.38. The Morgan fingerprint density at radius 1 is 1.26 bits per heavy atom. The first kappa shape index (κ1) is 23.9. The topological polar surface area (TPSA) is 89.3 Å². The molecule has 4 rings (SSSR count). The quantitative estimate of drug-likeness (QED) is 0.492. The van der Waals surface area contributed by atoms with Crippen molar-refractivity contribution < 1.29 is 18.3 Å². The first-order valence-corrected chi connectivity index (χ1v) is 13.1. The highest BCUT2D eigenvalue weighted by molar-refractivity contribution is 7.99. The number of hydrogen-bond acceptors (Lipinski definition) is 5. The predicted molar refractivity (Wildman–Crippen MR) is 124 cm³/mol. The summed E-state index contributed by atoms with van der Waals surface area (Å²) in [6.07, 6.45) is 6.07. The summed E-state index contributed by atoms with van der Waals surface area (Å²) in [5.74, 6) is -0.745. The number of aromatic nitrogens is 2. The number of halogens is 2. The molecule has 0 saturated carbocycles. The number of carboxylic acids is 1. The monoisotopic (exact) mass is 500 g/mol. The molecule has 0 atom stereocenters. The Hall–Kier alpha value is -1.74. The third-order valence-electron chi connectivity index (χ3n) is 4.82. The number of nitrogens with zero attached hydrogens (tertiary/aromatic N) is 2. The summed E-state index contributed by atoms with van der Waals surface area (Å²) in [6.45, 7) is 2.45. The van der Waals surface area contributed by atoms with Crippen molar-refractivity contribution in [2.24, 2.45) is 0 Å². The molecule has 10 heteroatoms. The molecule has 0 unspecified atom stereocenters. The van der Waals surface area contributed by atoms with Gasteiger partial charge in [0.25, 0.3) is 0 Å². The summed E-state index contributed by atoms with van der Waals surface area (Å²) in [5, 5.41) is 9.54. The van der Waals surface area contributed by atoms with E-state index in [1.165, 1.54) is 18.0 Å². The van der Waals surface area contributed by atoms with Gasteiger partial charge in [0, 0.05) is 45.9 Å². The van der Waals surface area contributed by atoms with Crippen LogP contribution in [0.15, 0.2) is 45.1 Å². The van der Waals surface area contributed by atoms with Gasteiger partial charge >= 0.3 is 5.97 Å². The molecule has 0 radical (unpaired) electrons. The van der Waals surface area contributed by atoms with Crippen LogP contribution in [-0.4, -0.2) is 35.3 Å². The van der Waals surface area contributed by atoms with Gasteiger partial charge in [0.2, 0.25) is 0 Å². The average Bonchev–Trinajstić information content (AvgIpc) is 3.03. The molecule has 2 aromatic heterocycles. The van der Waals surface area contributed by atoms with Gasteiger partial charge in [-0.2, -0.15) is 0 Å². The van der Waals surface area contributed by atoms with Crippen LogP contribution in [0.5, 0.6) is 0 Å². The molecule has 166 valence electrons. The number of aryl methyl sites for hydroxylation is 1. The van der Waals surface area contributed by atoms with Crippen molar-refractivity contribution in [3.05, 3.63) is 46.2 Å². The van der Waals surface area contributed by atoms with Crippen molar-refractivity contribution in [3.8, 4) is 0 Å². The second kappa shape index (κ2) is 9.81. The molecule has 3 heterocycles. The fourth-order valence-corrected chi connectivity index (χ4v) is 5.99. The molecule has 6 nitrogen and oxygen atoms in total. The van der Waals surface area contributed by atoms with E-state index in [0.717, 1.165) is 46.9 Å². The van der Waals surface area contributed by atoms with Gasteiger partial charge in [-0.1, -0.05) is 41.9 Å². The highest BCUT2D eigenvalue weighted by atomic mass is 35.5. The van der Waals surface area contributed by atoms with E-state index in [1.807, 2.05) is 6.07 Å². The van der Waals surface area contributed by atoms with E-state index >= 15 is 0 Å². The molecule has 1 aromatic carbocycles. The standard InChI is InChI=1S/C18H16Cl2N2O2S2.C3H6O2/c1-26(23,24)15-7-8-21-18-16(15)17(13-4-2-3-9-22(13)18)25-14-6-5-11(19)10-12(14)20;1-2-3(4)5/h5-8,10H,2-4,9H2,1H3;2H2,1H3,(H,4,5). The maximum Gasteiger partial charge on any atom is 0.303 e. The Balaban J connectivity index is 0.000000491. The molecule has 0 amide bonds. The first-order valence-electron chi connectivity index (χ1n) is 9.68. The first-order chi connectivity index (χ1) is 14.6. The van der Waals surface area contributed by atoms with Gasteiger partial charge in [0.1, 0.15) is 5.65 Å². The summed E-state index contributed by atoms with van der Waals surface area (Å²) >= 11 is 13.9. The number of hydrogen-bond donors (Lipinski definition) is 1. The van der Waals surface area contributed by atoms with Crippen LogP contribution in [0, 0.1) is 0 Å². The summed E-state index contributed by atoms with van der Waals surface area (Å²) in [4.78, 5) is 16.0. The third-order valence-corrected chi connectivity index (χ3v) is 7.84. The molecule has 31 heavy (non-hydrogen) atoms. The van der Waals surface area contributed by atoms with Gasteiger partial charge in [-0.15, -0.1) is 0 Å². The Morgan fingerprint density at radius 2 is 1.97 bits per heavy atom. The third kappa shape index (κ3) is 5.37.